The van der Waals surface area contributed by atoms with Gasteiger partial charge >= 0.3 is 0 Å². The molecule has 0 saturated heterocycles. The van der Waals surface area contributed by atoms with Gasteiger partial charge < -0.3 is 10.2 Å². The van der Waals surface area contributed by atoms with E-state index in [0.29, 0.717) is 18.2 Å². The number of rotatable bonds is 5. The van der Waals surface area contributed by atoms with Gasteiger partial charge in [0.15, 0.2) is 5.84 Å². The van der Waals surface area contributed by atoms with Crippen molar-refractivity contribution in [1.29, 1.82) is 0 Å². The minimum absolute atomic E-state index is 0.438. The van der Waals surface area contributed by atoms with Crippen LogP contribution in [0.3, 0.4) is 0 Å². The molecule has 236 valence electrons. The SMILES string of the molecule is N/C(=N\C(=N/CC1=C(c2ccc3c(c2)CCC=C3)CCc2oc3ccccc3c21)c1ccc2ccccc2c1)c1ccc2ccccc2c1. The van der Waals surface area contributed by atoms with Crippen molar-refractivity contribution in [3.63, 3.8) is 0 Å². The second-order valence-corrected chi connectivity index (χ2v) is 13.0. The molecule has 0 saturated carbocycles. The van der Waals surface area contributed by atoms with Gasteiger partial charge in [-0.15, -0.1) is 0 Å². The van der Waals surface area contributed by atoms with Crippen molar-refractivity contribution in [3.05, 3.63) is 173 Å². The molecule has 7 aromatic rings. The van der Waals surface area contributed by atoms with Gasteiger partial charge in [-0.1, -0.05) is 121 Å². The van der Waals surface area contributed by atoms with E-state index < -0.39 is 0 Å². The smallest absolute Gasteiger partial charge is 0.157 e. The number of aliphatic imine (C=N–C) groups is 2. The Bertz CT molecular complexity index is 2540. The number of benzene rings is 6. The number of allylic oxidation sites excluding steroid dienone is 2. The molecule has 0 radical (unpaired) electrons. The second-order valence-electron chi connectivity index (χ2n) is 13.0. The maximum atomic E-state index is 6.80. The fourth-order valence-corrected chi connectivity index (χ4v) is 7.46. The Hall–Kier alpha value is -6.00. The third-order valence-corrected chi connectivity index (χ3v) is 9.97. The third-order valence-electron chi connectivity index (χ3n) is 9.97. The fraction of sp³-hybridized carbons (Fsp3) is 0.111. The van der Waals surface area contributed by atoms with Crippen LogP contribution in [-0.2, 0) is 12.8 Å². The Morgan fingerprint density at radius 3 is 2.20 bits per heavy atom. The highest BCUT2D eigenvalue weighted by Gasteiger charge is 2.26. The summed E-state index contributed by atoms with van der Waals surface area (Å²) in [6.45, 7) is 0.444. The first-order chi connectivity index (χ1) is 24.2. The van der Waals surface area contributed by atoms with E-state index >= 15 is 0 Å². The number of amidine groups is 2. The lowest BCUT2D eigenvalue weighted by molar-refractivity contribution is 0.546. The number of hydrogen-bond donors (Lipinski definition) is 1. The molecule has 2 aliphatic rings. The summed E-state index contributed by atoms with van der Waals surface area (Å²) in [5.41, 5.74) is 17.2. The van der Waals surface area contributed by atoms with E-state index in [9.17, 15) is 0 Å². The van der Waals surface area contributed by atoms with Gasteiger partial charge in [-0.2, -0.15) is 0 Å². The standard InChI is InChI=1S/C45H35N3O/c46-44(36-21-18-30-10-2-5-13-33(30)26-36)48-45(37-22-19-31-11-3-6-14-34(31)27-37)47-28-40-38(35-20-17-29-9-1-4-12-32(29)25-35)23-24-42-43(40)39-15-7-8-16-41(39)49-42/h1-3,5-11,13-22,25-27H,4,12,23-24,28H2,(H2,46,47,48). The van der Waals surface area contributed by atoms with Crippen molar-refractivity contribution >= 4 is 61.4 Å². The van der Waals surface area contributed by atoms with E-state index in [1.165, 1.54) is 44.2 Å². The topological polar surface area (TPSA) is 63.9 Å². The van der Waals surface area contributed by atoms with Gasteiger partial charge in [-0.3, -0.25) is 4.99 Å². The van der Waals surface area contributed by atoms with E-state index in [0.717, 1.165) is 64.3 Å². The maximum absolute atomic E-state index is 6.80. The van der Waals surface area contributed by atoms with Gasteiger partial charge in [0.25, 0.3) is 0 Å². The Kier molecular flexibility index (Phi) is 7.27. The predicted molar refractivity (Wildman–Crippen MR) is 205 cm³/mol. The summed E-state index contributed by atoms with van der Waals surface area (Å²) in [6, 6.07) is 44.6. The predicted octanol–water partition coefficient (Wildman–Crippen LogP) is 10.4. The van der Waals surface area contributed by atoms with Crippen molar-refractivity contribution in [3.8, 4) is 0 Å². The molecule has 0 fully saturated rings. The van der Waals surface area contributed by atoms with Crippen molar-refractivity contribution < 1.29 is 4.42 Å². The van der Waals surface area contributed by atoms with E-state index in [2.05, 4.69) is 115 Å². The first-order valence-corrected chi connectivity index (χ1v) is 17.1. The molecule has 6 aromatic carbocycles. The summed E-state index contributed by atoms with van der Waals surface area (Å²) >= 11 is 0. The van der Waals surface area contributed by atoms with Crippen LogP contribution in [0.25, 0.3) is 49.7 Å². The van der Waals surface area contributed by atoms with Crippen LogP contribution in [0.5, 0.6) is 0 Å². The van der Waals surface area contributed by atoms with Crippen LogP contribution in [0.4, 0.5) is 0 Å². The molecule has 1 heterocycles. The monoisotopic (exact) mass is 633 g/mol. The number of aryl methyl sites for hydroxylation is 2. The summed E-state index contributed by atoms with van der Waals surface area (Å²) in [5, 5.41) is 5.73. The van der Waals surface area contributed by atoms with Crippen LogP contribution in [0, 0.1) is 0 Å². The lowest BCUT2D eigenvalue weighted by Gasteiger charge is -2.22. The summed E-state index contributed by atoms with van der Waals surface area (Å²) in [5.74, 6) is 2.08. The largest absolute Gasteiger partial charge is 0.460 e. The molecule has 0 bridgehead atoms. The normalized spacial score (nSPS) is 14.9. The number of hydrogen-bond acceptors (Lipinski definition) is 2. The van der Waals surface area contributed by atoms with Crippen LogP contribution in [0.2, 0.25) is 0 Å². The quantitative estimate of drug-likeness (QED) is 0.151. The number of furan rings is 1. The third kappa shape index (κ3) is 5.45. The molecule has 1 aromatic heterocycles. The molecule has 0 atom stereocenters. The second kappa shape index (κ2) is 12.2. The van der Waals surface area contributed by atoms with Gasteiger partial charge in [0.1, 0.15) is 17.2 Å². The van der Waals surface area contributed by atoms with E-state index in [1.807, 2.05) is 24.3 Å². The van der Waals surface area contributed by atoms with Crippen LogP contribution >= 0.6 is 0 Å². The van der Waals surface area contributed by atoms with E-state index in [1.54, 1.807) is 0 Å². The van der Waals surface area contributed by atoms with Gasteiger partial charge in [0.2, 0.25) is 0 Å². The molecule has 2 N–H and O–H groups in total. The van der Waals surface area contributed by atoms with Crippen LogP contribution in [0.15, 0.2) is 148 Å². The van der Waals surface area contributed by atoms with E-state index in [4.69, 9.17) is 20.1 Å². The minimum Gasteiger partial charge on any atom is -0.460 e. The van der Waals surface area contributed by atoms with Crippen LogP contribution in [0.1, 0.15) is 52.0 Å². The van der Waals surface area contributed by atoms with Gasteiger partial charge in [-0.25, -0.2) is 4.99 Å². The van der Waals surface area contributed by atoms with E-state index in [-0.39, 0.29) is 0 Å². The molecular weight excluding hydrogens is 599 g/mol. The Morgan fingerprint density at radius 1 is 0.673 bits per heavy atom. The highest BCUT2D eigenvalue weighted by molar-refractivity contribution is 6.13. The summed E-state index contributed by atoms with van der Waals surface area (Å²) in [6.07, 6.45) is 8.40. The molecule has 0 aliphatic heterocycles. The summed E-state index contributed by atoms with van der Waals surface area (Å²) < 4.78 is 6.45. The van der Waals surface area contributed by atoms with Gasteiger partial charge in [0, 0.05) is 28.5 Å². The van der Waals surface area contributed by atoms with Crippen LogP contribution < -0.4 is 5.73 Å². The van der Waals surface area contributed by atoms with Crippen molar-refractivity contribution in [2.75, 3.05) is 6.54 Å². The molecule has 0 spiro atoms. The fourth-order valence-electron chi connectivity index (χ4n) is 7.46. The first-order valence-electron chi connectivity index (χ1n) is 17.1. The Labute approximate surface area is 285 Å². The lowest BCUT2D eigenvalue weighted by atomic mass is 9.83. The zero-order valence-corrected chi connectivity index (χ0v) is 27.2. The van der Waals surface area contributed by atoms with Crippen molar-refractivity contribution in [2.24, 2.45) is 15.7 Å². The highest BCUT2D eigenvalue weighted by atomic mass is 16.3. The average Bonchev–Trinajstić information content (AvgIpc) is 3.55. The zero-order valence-electron chi connectivity index (χ0n) is 27.2. The van der Waals surface area contributed by atoms with Gasteiger partial charge in [0.05, 0.1) is 6.54 Å². The minimum atomic E-state index is 0.438. The summed E-state index contributed by atoms with van der Waals surface area (Å²) in [4.78, 5) is 10.4. The summed E-state index contributed by atoms with van der Waals surface area (Å²) in [7, 11) is 0. The molecule has 2 aliphatic carbocycles. The molecule has 0 amide bonds. The van der Waals surface area contributed by atoms with Crippen molar-refractivity contribution in [2.45, 2.75) is 25.7 Å². The molecular formula is C45H35N3O. The van der Waals surface area contributed by atoms with Crippen molar-refractivity contribution in [1.82, 2.24) is 0 Å². The Balaban J connectivity index is 1.21. The number of nitrogens with zero attached hydrogens (tertiary/aromatic N) is 2. The molecule has 9 rings (SSSR count). The van der Waals surface area contributed by atoms with Crippen LogP contribution in [-0.4, -0.2) is 18.2 Å². The maximum Gasteiger partial charge on any atom is 0.157 e. The highest BCUT2D eigenvalue weighted by Crippen LogP contribution is 2.43. The molecule has 0 unspecified atom stereocenters. The van der Waals surface area contributed by atoms with Gasteiger partial charge in [-0.05, 0) is 86.8 Å². The molecule has 49 heavy (non-hydrogen) atoms. The first kappa shape index (κ1) is 29.2. The number of nitrogens with two attached hydrogens (primary N) is 1. The Morgan fingerprint density at radius 2 is 1.39 bits per heavy atom. The number of para-hydroxylation sites is 1. The molecule has 4 nitrogen and oxygen atoms in total. The number of fused-ring (bicyclic) bond motifs is 6. The molecule has 4 heteroatoms. The lowest BCUT2D eigenvalue weighted by Crippen LogP contribution is -2.17. The average molecular weight is 634 g/mol. The zero-order chi connectivity index (χ0) is 32.7.